The smallest absolute Gasteiger partial charge is 0.305 e. The molecule has 0 aliphatic rings. The fourth-order valence-electron chi connectivity index (χ4n) is 2.53. The molecule has 0 saturated heterocycles. The van der Waals surface area contributed by atoms with Crippen molar-refractivity contribution in [3.63, 3.8) is 0 Å². The van der Waals surface area contributed by atoms with Gasteiger partial charge in [0.15, 0.2) is 5.76 Å². The lowest BCUT2D eigenvalue weighted by Gasteiger charge is -2.06. The molecule has 0 fully saturated rings. The summed E-state index contributed by atoms with van der Waals surface area (Å²) < 4.78 is 10.6. The van der Waals surface area contributed by atoms with E-state index in [4.69, 9.17) is 8.94 Å². The van der Waals surface area contributed by atoms with Gasteiger partial charge in [-0.2, -0.15) is 0 Å². The summed E-state index contributed by atoms with van der Waals surface area (Å²) in [5.41, 5.74) is 7.46. The predicted molar refractivity (Wildman–Crippen MR) is 86.2 cm³/mol. The van der Waals surface area contributed by atoms with Gasteiger partial charge in [0.2, 0.25) is 5.91 Å². The molecule has 24 heavy (non-hydrogen) atoms. The van der Waals surface area contributed by atoms with Gasteiger partial charge in [0.25, 0.3) is 0 Å². The van der Waals surface area contributed by atoms with Crippen LogP contribution in [0.3, 0.4) is 0 Å². The van der Waals surface area contributed by atoms with E-state index < -0.39 is 5.91 Å². The molecule has 0 unspecified atom stereocenters. The number of carbonyl (C=O) groups excluding carboxylic acids is 2. The summed E-state index contributed by atoms with van der Waals surface area (Å²) in [6.45, 7) is 5.29. The molecule has 124 valence electrons. The van der Waals surface area contributed by atoms with Crippen LogP contribution in [0.4, 0.5) is 0 Å². The molecule has 0 aliphatic carbocycles. The molecule has 2 heterocycles. The molecule has 2 N–H and O–H groups in total. The third kappa shape index (κ3) is 2.88. The number of hydrogen-bond acceptors (Lipinski definition) is 5. The van der Waals surface area contributed by atoms with Gasteiger partial charge in [-0.05, 0) is 26.8 Å². The van der Waals surface area contributed by atoms with Crippen molar-refractivity contribution in [3.8, 4) is 0 Å². The standard InChI is InChI=1S/C17H17N3O4/c1-9-12-6-4-5-7-14(12)23-16(9)17(22)19-18-15(21)8-13-10(2)20-24-11(13)3/h4-7H,8H2,1-3H3,(H,18,21)(H,19,22). The number of benzene rings is 1. The Morgan fingerprint density at radius 2 is 1.88 bits per heavy atom. The molecule has 0 aliphatic heterocycles. The summed E-state index contributed by atoms with van der Waals surface area (Å²) in [6, 6.07) is 7.37. The lowest BCUT2D eigenvalue weighted by molar-refractivity contribution is -0.121. The van der Waals surface area contributed by atoms with E-state index in [2.05, 4.69) is 16.0 Å². The third-order valence-electron chi connectivity index (χ3n) is 3.88. The molecule has 0 saturated carbocycles. The van der Waals surface area contributed by atoms with Crippen LogP contribution in [-0.4, -0.2) is 17.0 Å². The maximum atomic E-state index is 12.2. The number of furan rings is 1. The summed E-state index contributed by atoms with van der Waals surface area (Å²) >= 11 is 0. The number of rotatable bonds is 3. The van der Waals surface area contributed by atoms with Crippen molar-refractivity contribution in [3.05, 3.63) is 52.6 Å². The fourth-order valence-corrected chi connectivity index (χ4v) is 2.53. The van der Waals surface area contributed by atoms with Crippen molar-refractivity contribution >= 4 is 22.8 Å². The fraction of sp³-hybridized carbons (Fsp3) is 0.235. The zero-order valence-electron chi connectivity index (χ0n) is 13.6. The van der Waals surface area contributed by atoms with Crippen LogP contribution in [0.5, 0.6) is 0 Å². The topological polar surface area (TPSA) is 97.4 Å². The Kier molecular flexibility index (Phi) is 4.07. The van der Waals surface area contributed by atoms with Crippen LogP contribution < -0.4 is 10.9 Å². The molecule has 7 nitrogen and oxygen atoms in total. The number of nitrogens with one attached hydrogen (secondary N) is 2. The van der Waals surface area contributed by atoms with Crippen LogP contribution in [0.15, 0.2) is 33.2 Å². The van der Waals surface area contributed by atoms with Gasteiger partial charge in [-0.3, -0.25) is 20.4 Å². The second kappa shape index (κ2) is 6.19. The zero-order chi connectivity index (χ0) is 17.3. The van der Waals surface area contributed by atoms with E-state index in [-0.39, 0.29) is 18.1 Å². The first kappa shape index (κ1) is 15.8. The molecule has 0 spiro atoms. The van der Waals surface area contributed by atoms with Crippen LogP contribution in [0.1, 0.15) is 33.1 Å². The Labute approximate surface area is 138 Å². The highest BCUT2D eigenvalue weighted by molar-refractivity contribution is 5.99. The molecule has 2 aromatic heterocycles. The number of hydrogen-bond donors (Lipinski definition) is 2. The molecule has 3 aromatic rings. The minimum Gasteiger partial charge on any atom is -0.451 e. The van der Waals surface area contributed by atoms with Gasteiger partial charge in [-0.25, -0.2) is 0 Å². The van der Waals surface area contributed by atoms with Crippen LogP contribution in [0, 0.1) is 20.8 Å². The molecule has 7 heteroatoms. The lowest BCUT2D eigenvalue weighted by Crippen LogP contribution is -2.42. The number of aryl methyl sites for hydroxylation is 3. The van der Waals surface area contributed by atoms with Crippen molar-refractivity contribution < 1.29 is 18.5 Å². The van der Waals surface area contributed by atoms with Gasteiger partial charge >= 0.3 is 5.91 Å². The molecular formula is C17H17N3O4. The van der Waals surface area contributed by atoms with Gasteiger partial charge in [0, 0.05) is 16.5 Å². The number of aromatic nitrogens is 1. The van der Waals surface area contributed by atoms with Crippen LogP contribution in [0.2, 0.25) is 0 Å². The van der Waals surface area contributed by atoms with Crippen molar-refractivity contribution in [2.75, 3.05) is 0 Å². The number of para-hydroxylation sites is 1. The number of amides is 2. The van der Waals surface area contributed by atoms with Gasteiger partial charge < -0.3 is 8.94 Å². The van der Waals surface area contributed by atoms with Gasteiger partial charge in [-0.1, -0.05) is 23.4 Å². The number of hydrazine groups is 1. The Hall–Kier alpha value is -3.09. The normalized spacial score (nSPS) is 10.8. The quantitative estimate of drug-likeness (QED) is 0.720. The van der Waals surface area contributed by atoms with E-state index in [1.807, 2.05) is 18.2 Å². The van der Waals surface area contributed by atoms with Gasteiger partial charge in [0.1, 0.15) is 11.3 Å². The average Bonchev–Trinajstić information content (AvgIpc) is 3.07. The molecule has 0 atom stereocenters. The molecular weight excluding hydrogens is 310 g/mol. The summed E-state index contributed by atoms with van der Waals surface area (Å²) in [7, 11) is 0. The van der Waals surface area contributed by atoms with E-state index in [9.17, 15) is 9.59 Å². The van der Waals surface area contributed by atoms with Crippen molar-refractivity contribution in [2.45, 2.75) is 27.2 Å². The number of nitrogens with zero attached hydrogens (tertiary/aromatic N) is 1. The Morgan fingerprint density at radius 1 is 1.12 bits per heavy atom. The minimum absolute atomic E-state index is 0.0700. The number of carbonyl (C=O) groups is 2. The minimum atomic E-state index is -0.504. The summed E-state index contributed by atoms with van der Waals surface area (Å²) in [5, 5.41) is 4.66. The van der Waals surface area contributed by atoms with Crippen LogP contribution in [0.25, 0.3) is 11.0 Å². The van der Waals surface area contributed by atoms with E-state index in [1.54, 1.807) is 26.8 Å². The molecule has 2 amide bonds. The second-order valence-corrected chi connectivity index (χ2v) is 5.53. The van der Waals surface area contributed by atoms with Crippen molar-refractivity contribution in [2.24, 2.45) is 0 Å². The summed E-state index contributed by atoms with van der Waals surface area (Å²) in [6.07, 6.45) is 0.0700. The Balaban J connectivity index is 1.66. The highest BCUT2D eigenvalue weighted by Gasteiger charge is 2.19. The Bertz CT molecular complexity index is 904. The largest absolute Gasteiger partial charge is 0.451 e. The van der Waals surface area contributed by atoms with E-state index >= 15 is 0 Å². The second-order valence-electron chi connectivity index (χ2n) is 5.53. The van der Waals surface area contributed by atoms with E-state index in [0.29, 0.717) is 22.6 Å². The zero-order valence-corrected chi connectivity index (χ0v) is 13.6. The summed E-state index contributed by atoms with van der Waals surface area (Å²) in [5.74, 6) is -0.113. The SMILES string of the molecule is Cc1noc(C)c1CC(=O)NNC(=O)c1oc2ccccc2c1C. The van der Waals surface area contributed by atoms with E-state index in [1.165, 1.54) is 0 Å². The predicted octanol–water partition coefficient (Wildman–Crippen LogP) is 2.35. The van der Waals surface area contributed by atoms with Gasteiger partial charge in [0.05, 0.1) is 12.1 Å². The third-order valence-corrected chi connectivity index (χ3v) is 3.88. The van der Waals surface area contributed by atoms with Crippen molar-refractivity contribution in [1.29, 1.82) is 0 Å². The molecule has 1 aromatic carbocycles. The monoisotopic (exact) mass is 327 g/mol. The average molecular weight is 327 g/mol. The number of fused-ring (bicyclic) bond motifs is 1. The van der Waals surface area contributed by atoms with Crippen LogP contribution >= 0.6 is 0 Å². The van der Waals surface area contributed by atoms with Crippen LogP contribution in [-0.2, 0) is 11.2 Å². The highest BCUT2D eigenvalue weighted by Crippen LogP contribution is 2.24. The summed E-state index contributed by atoms with van der Waals surface area (Å²) in [4.78, 5) is 24.2. The van der Waals surface area contributed by atoms with Crippen molar-refractivity contribution in [1.82, 2.24) is 16.0 Å². The first-order valence-electron chi connectivity index (χ1n) is 7.46. The highest BCUT2D eigenvalue weighted by atomic mass is 16.5. The molecule has 0 radical (unpaired) electrons. The van der Waals surface area contributed by atoms with Gasteiger partial charge in [-0.15, -0.1) is 0 Å². The lowest BCUT2D eigenvalue weighted by atomic mass is 10.1. The Morgan fingerprint density at radius 3 is 2.54 bits per heavy atom. The first-order valence-corrected chi connectivity index (χ1v) is 7.46. The maximum Gasteiger partial charge on any atom is 0.305 e. The molecule has 3 rings (SSSR count). The molecule has 0 bridgehead atoms. The maximum absolute atomic E-state index is 12.2. The first-order chi connectivity index (χ1) is 11.5. The van der Waals surface area contributed by atoms with E-state index in [0.717, 1.165) is 10.9 Å².